The molecule has 0 amide bonds. The molecule has 0 saturated carbocycles. The van der Waals surface area contributed by atoms with E-state index in [1.807, 2.05) is 12.1 Å². The predicted molar refractivity (Wildman–Crippen MR) is 62.6 cm³/mol. The molecule has 0 saturated heterocycles. The summed E-state index contributed by atoms with van der Waals surface area (Å²) in [6.07, 6.45) is 1.25. The summed E-state index contributed by atoms with van der Waals surface area (Å²) in [6, 6.07) is 5.92. The molecule has 4 heteroatoms. The normalized spacial score (nSPS) is 12.9. The van der Waals surface area contributed by atoms with Crippen LogP contribution in [0.5, 0.6) is 6.08 Å². The summed E-state index contributed by atoms with van der Waals surface area (Å²) in [7, 11) is 1.55. The van der Waals surface area contributed by atoms with Crippen molar-refractivity contribution in [3.8, 4) is 6.08 Å². The zero-order valence-corrected chi connectivity index (χ0v) is 9.56. The fourth-order valence-corrected chi connectivity index (χ4v) is 1.84. The average Bonchev–Trinajstić information content (AvgIpc) is 2.71. The molecule has 1 unspecified atom stereocenters. The summed E-state index contributed by atoms with van der Waals surface area (Å²) in [5.74, 6) is 0.378. The Labute approximate surface area is 94.4 Å². The molecule has 0 aliphatic rings. The third-order valence-corrected chi connectivity index (χ3v) is 2.74. The van der Waals surface area contributed by atoms with Crippen molar-refractivity contribution in [2.45, 2.75) is 19.3 Å². The maximum absolute atomic E-state index is 5.57. The third-order valence-electron chi connectivity index (χ3n) is 2.74. The highest BCUT2D eigenvalue weighted by Gasteiger charge is 2.14. The first-order chi connectivity index (χ1) is 7.76. The van der Waals surface area contributed by atoms with Gasteiger partial charge in [-0.15, -0.1) is 0 Å². The lowest BCUT2D eigenvalue weighted by molar-refractivity contribution is 0.299. The van der Waals surface area contributed by atoms with Crippen LogP contribution < -0.4 is 10.5 Å². The lowest BCUT2D eigenvalue weighted by Gasteiger charge is -2.09. The molecule has 2 aromatic rings. The highest BCUT2D eigenvalue weighted by Crippen LogP contribution is 2.29. The van der Waals surface area contributed by atoms with Gasteiger partial charge in [-0.2, -0.15) is 4.98 Å². The van der Waals surface area contributed by atoms with Crippen LogP contribution in [0.15, 0.2) is 22.6 Å². The molecule has 0 spiro atoms. The van der Waals surface area contributed by atoms with Gasteiger partial charge in [0, 0.05) is 0 Å². The average molecular weight is 220 g/mol. The molecule has 2 rings (SSSR count). The number of aromatic nitrogens is 1. The lowest BCUT2D eigenvalue weighted by Crippen LogP contribution is -2.04. The van der Waals surface area contributed by atoms with Gasteiger partial charge in [-0.1, -0.05) is 19.1 Å². The third kappa shape index (κ3) is 1.88. The Morgan fingerprint density at radius 1 is 1.50 bits per heavy atom. The first-order valence-corrected chi connectivity index (χ1v) is 5.39. The number of benzene rings is 1. The molecule has 4 nitrogen and oxygen atoms in total. The second kappa shape index (κ2) is 4.53. The minimum atomic E-state index is 0.308. The van der Waals surface area contributed by atoms with Crippen molar-refractivity contribution >= 4 is 11.1 Å². The van der Waals surface area contributed by atoms with Gasteiger partial charge >= 0.3 is 6.08 Å². The number of rotatable bonds is 4. The van der Waals surface area contributed by atoms with E-state index in [2.05, 4.69) is 18.0 Å². The number of nitrogens with two attached hydrogens (primary N) is 1. The van der Waals surface area contributed by atoms with E-state index >= 15 is 0 Å². The Hall–Kier alpha value is -1.55. The minimum Gasteiger partial charge on any atom is -0.453 e. The molecule has 0 radical (unpaired) electrons. The summed E-state index contributed by atoms with van der Waals surface area (Å²) in [5, 5.41) is 0. The molecule has 1 atom stereocenters. The monoisotopic (exact) mass is 220 g/mol. The Morgan fingerprint density at radius 3 is 3.00 bits per heavy atom. The van der Waals surface area contributed by atoms with E-state index in [-0.39, 0.29) is 0 Å². The van der Waals surface area contributed by atoms with Crippen molar-refractivity contribution in [1.82, 2.24) is 4.98 Å². The van der Waals surface area contributed by atoms with Gasteiger partial charge in [-0.3, -0.25) is 0 Å². The molecule has 1 aromatic heterocycles. The first-order valence-electron chi connectivity index (χ1n) is 5.39. The summed E-state index contributed by atoms with van der Waals surface area (Å²) in [5.41, 5.74) is 8.37. The standard InChI is InChI=1S/C12H16N2O2/c1-8(6-7-13)9-4-3-5-10-11(9)14-12(15-2)16-10/h3-5,8H,6-7,13H2,1-2H3. The van der Waals surface area contributed by atoms with Gasteiger partial charge in [0.05, 0.1) is 7.11 Å². The highest BCUT2D eigenvalue weighted by atomic mass is 16.6. The van der Waals surface area contributed by atoms with Gasteiger partial charge in [-0.05, 0) is 30.5 Å². The van der Waals surface area contributed by atoms with Crippen LogP contribution in [0.3, 0.4) is 0 Å². The number of methoxy groups -OCH3 is 1. The largest absolute Gasteiger partial charge is 0.453 e. The van der Waals surface area contributed by atoms with Crippen LogP contribution in [-0.4, -0.2) is 18.6 Å². The molecular formula is C12H16N2O2. The van der Waals surface area contributed by atoms with Crippen LogP contribution in [-0.2, 0) is 0 Å². The molecule has 1 aromatic carbocycles. The number of hydrogen-bond donors (Lipinski definition) is 1. The number of nitrogens with zero attached hydrogens (tertiary/aromatic N) is 1. The van der Waals surface area contributed by atoms with Crippen molar-refractivity contribution in [2.75, 3.05) is 13.7 Å². The number of oxazole rings is 1. The van der Waals surface area contributed by atoms with Crippen LogP contribution in [0.4, 0.5) is 0 Å². The van der Waals surface area contributed by atoms with E-state index in [1.165, 1.54) is 0 Å². The van der Waals surface area contributed by atoms with Gasteiger partial charge in [-0.25, -0.2) is 0 Å². The fraction of sp³-hybridized carbons (Fsp3) is 0.417. The van der Waals surface area contributed by atoms with E-state index in [1.54, 1.807) is 7.11 Å². The SMILES string of the molecule is COc1nc2c(C(C)CCN)cccc2o1. The van der Waals surface area contributed by atoms with Crippen LogP contribution in [0.25, 0.3) is 11.1 Å². The first kappa shape index (κ1) is 11.0. The van der Waals surface area contributed by atoms with E-state index in [0.29, 0.717) is 18.5 Å². The van der Waals surface area contributed by atoms with E-state index in [9.17, 15) is 0 Å². The molecule has 86 valence electrons. The molecule has 0 aliphatic heterocycles. The summed E-state index contributed by atoms with van der Waals surface area (Å²) >= 11 is 0. The summed E-state index contributed by atoms with van der Waals surface area (Å²) in [6.45, 7) is 2.81. The van der Waals surface area contributed by atoms with Crippen LogP contribution in [0.2, 0.25) is 0 Å². The number of para-hydroxylation sites is 1. The van der Waals surface area contributed by atoms with Crippen LogP contribution in [0, 0.1) is 0 Å². The second-order valence-electron chi connectivity index (χ2n) is 3.86. The van der Waals surface area contributed by atoms with Crippen molar-refractivity contribution < 1.29 is 9.15 Å². The summed E-state index contributed by atoms with van der Waals surface area (Å²) < 4.78 is 10.4. The van der Waals surface area contributed by atoms with Crippen LogP contribution in [0.1, 0.15) is 24.8 Å². The van der Waals surface area contributed by atoms with Crippen molar-refractivity contribution in [3.05, 3.63) is 23.8 Å². The van der Waals surface area contributed by atoms with Gasteiger partial charge in [0.2, 0.25) is 0 Å². The van der Waals surface area contributed by atoms with Gasteiger partial charge in [0.25, 0.3) is 0 Å². The lowest BCUT2D eigenvalue weighted by atomic mass is 9.97. The Bertz CT molecular complexity index is 479. The van der Waals surface area contributed by atoms with Crippen molar-refractivity contribution in [1.29, 1.82) is 0 Å². The zero-order valence-electron chi connectivity index (χ0n) is 9.56. The van der Waals surface area contributed by atoms with Crippen molar-refractivity contribution in [2.24, 2.45) is 5.73 Å². The maximum atomic E-state index is 5.57. The number of ether oxygens (including phenoxy) is 1. The highest BCUT2D eigenvalue weighted by molar-refractivity contribution is 5.77. The maximum Gasteiger partial charge on any atom is 0.394 e. The van der Waals surface area contributed by atoms with Gasteiger partial charge < -0.3 is 14.9 Å². The molecule has 16 heavy (non-hydrogen) atoms. The smallest absolute Gasteiger partial charge is 0.394 e. The Balaban J connectivity index is 2.47. The molecule has 2 N–H and O–H groups in total. The topological polar surface area (TPSA) is 61.3 Å². The van der Waals surface area contributed by atoms with E-state index in [0.717, 1.165) is 23.1 Å². The predicted octanol–water partition coefficient (Wildman–Crippen LogP) is 2.29. The summed E-state index contributed by atoms with van der Waals surface area (Å²) in [4.78, 5) is 4.30. The number of hydrogen-bond acceptors (Lipinski definition) is 4. The van der Waals surface area contributed by atoms with Crippen molar-refractivity contribution in [3.63, 3.8) is 0 Å². The quantitative estimate of drug-likeness (QED) is 0.858. The zero-order chi connectivity index (χ0) is 11.5. The van der Waals surface area contributed by atoms with Gasteiger partial charge in [0.15, 0.2) is 5.58 Å². The fourth-order valence-electron chi connectivity index (χ4n) is 1.84. The number of fused-ring (bicyclic) bond motifs is 1. The van der Waals surface area contributed by atoms with Crippen LogP contribution >= 0.6 is 0 Å². The molecular weight excluding hydrogens is 204 g/mol. The second-order valence-corrected chi connectivity index (χ2v) is 3.86. The minimum absolute atomic E-state index is 0.308. The molecule has 1 heterocycles. The van der Waals surface area contributed by atoms with E-state index in [4.69, 9.17) is 14.9 Å². The molecule has 0 bridgehead atoms. The Morgan fingerprint density at radius 2 is 2.31 bits per heavy atom. The van der Waals surface area contributed by atoms with E-state index < -0.39 is 0 Å². The molecule has 0 aliphatic carbocycles. The molecule has 0 fully saturated rings. The van der Waals surface area contributed by atoms with Gasteiger partial charge in [0.1, 0.15) is 5.52 Å². The Kier molecular flexibility index (Phi) is 3.10.